The van der Waals surface area contributed by atoms with Crippen LogP contribution in [0.4, 0.5) is 13.2 Å². The van der Waals surface area contributed by atoms with Crippen molar-refractivity contribution in [2.24, 2.45) is 0 Å². The molecule has 2 aromatic rings. The predicted octanol–water partition coefficient (Wildman–Crippen LogP) is 4.44. The Balaban J connectivity index is 0.000000204. The second kappa shape index (κ2) is 9.44. The molecule has 6 nitrogen and oxygen atoms in total. The van der Waals surface area contributed by atoms with Crippen LogP contribution in [0.25, 0.3) is 0 Å². The largest absolute Gasteiger partial charge is 0.480 e. The van der Waals surface area contributed by atoms with Gasteiger partial charge in [0.05, 0.1) is 11.7 Å². The number of carbonyl (C=O) groups is 2. The number of fused-ring (bicyclic) bond motifs is 2. The third kappa shape index (κ3) is 5.32. The van der Waals surface area contributed by atoms with E-state index in [0.29, 0.717) is 22.6 Å². The molecule has 10 heteroatoms. The van der Waals surface area contributed by atoms with Crippen molar-refractivity contribution in [2.45, 2.75) is 61.6 Å². The Kier molecular flexibility index (Phi) is 6.87. The van der Waals surface area contributed by atoms with Gasteiger partial charge in [-0.25, -0.2) is 0 Å². The fourth-order valence-corrected chi connectivity index (χ4v) is 5.38. The molecule has 0 radical (unpaired) electrons. The Hall–Kier alpha value is -2.62. The molecule has 1 aliphatic heterocycles. The van der Waals surface area contributed by atoms with Gasteiger partial charge in [-0.05, 0) is 63.1 Å². The molecule has 1 heterocycles. The van der Waals surface area contributed by atoms with Crippen LogP contribution >= 0.6 is 11.6 Å². The van der Waals surface area contributed by atoms with Crippen molar-refractivity contribution < 1.29 is 32.6 Å². The van der Waals surface area contributed by atoms with E-state index in [2.05, 4.69) is 10.6 Å². The van der Waals surface area contributed by atoms with Crippen LogP contribution in [0, 0.1) is 0 Å². The summed E-state index contributed by atoms with van der Waals surface area (Å²) in [6.45, 7) is 0. The maximum atomic E-state index is 12.6. The number of nitrogens with one attached hydrogen (secondary N) is 2. The van der Waals surface area contributed by atoms with Crippen LogP contribution in [0.5, 0.6) is 5.75 Å². The van der Waals surface area contributed by atoms with Crippen molar-refractivity contribution in [2.75, 3.05) is 7.05 Å². The highest BCUT2D eigenvalue weighted by atomic mass is 35.5. The highest BCUT2D eigenvalue weighted by Crippen LogP contribution is 2.55. The standard InChI is InChI=1S/C17H21ClN2O3.C8H5F3O/c1-19-16-4-5-17(8-16,9-16)20-15(22)14-7-12(21)11-6-10(18)2-3-13(11)23-14;9-8(10,11)7-3-1-6(5-12)2-4-7/h2-3,6,12,14,19,21H,4-5,7-9H2,1H3,(H,20,22);1-5H. The zero-order valence-electron chi connectivity index (χ0n) is 19.0. The van der Waals surface area contributed by atoms with Crippen molar-refractivity contribution in [1.29, 1.82) is 0 Å². The van der Waals surface area contributed by atoms with Gasteiger partial charge in [-0.15, -0.1) is 0 Å². The lowest BCUT2D eigenvalue weighted by atomic mass is 9.71. The van der Waals surface area contributed by atoms with E-state index in [-0.39, 0.29) is 29.0 Å². The second-order valence-electron chi connectivity index (χ2n) is 9.43. The number of rotatable bonds is 4. The van der Waals surface area contributed by atoms with E-state index in [0.717, 1.165) is 49.9 Å². The minimum Gasteiger partial charge on any atom is -0.480 e. The summed E-state index contributed by atoms with van der Waals surface area (Å²) in [7, 11) is 1.99. The molecule has 0 aromatic heterocycles. The zero-order valence-corrected chi connectivity index (χ0v) is 19.7. The third-order valence-electron chi connectivity index (χ3n) is 7.06. The number of amides is 1. The summed E-state index contributed by atoms with van der Waals surface area (Å²) in [6.07, 6.45) is -0.910. The topological polar surface area (TPSA) is 87.7 Å². The van der Waals surface area contributed by atoms with Crippen molar-refractivity contribution in [3.05, 3.63) is 64.2 Å². The van der Waals surface area contributed by atoms with Gasteiger partial charge in [0.15, 0.2) is 6.10 Å². The van der Waals surface area contributed by atoms with E-state index >= 15 is 0 Å². The molecule has 0 spiro atoms. The highest BCUT2D eigenvalue weighted by Gasteiger charge is 2.61. The van der Waals surface area contributed by atoms with E-state index in [1.807, 2.05) is 7.05 Å². The molecule has 0 saturated heterocycles. The summed E-state index contributed by atoms with van der Waals surface area (Å²) in [5, 5.41) is 17.4. The van der Waals surface area contributed by atoms with Crippen molar-refractivity contribution in [3.63, 3.8) is 0 Å². The van der Waals surface area contributed by atoms with Crippen LogP contribution in [0.1, 0.15) is 59.7 Å². The van der Waals surface area contributed by atoms with Gasteiger partial charge in [-0.1, -0.05) is 23.7 Å². The molecule has 3 N–H and O–H groups in total. The normalized spacial score (nSPS) is 28.5. The fraction of sp³-hybridized carbons (Fsp3) is 0.440. The summed E-state index contributed by atoms with van der Waals surface area (Å²) in [6, 6.07) is 9.14. The number of hydrogen-bond acceptors (Lipinski definition) is 5. The van der Waals surface area contributed by atoms with Gasteiger partial charge in [0.25, 0.3) is 5.91 Å². The first kappa shape index (κ1) is 25.5. The van der Waals surface area contributed by atoms with Gasteiger partial charge in [0, 0.05) is 33.6 Å². The second-order valence-corrected chi connectivity index (χ2v) is 9.87. The number of carbonyl (C=O) groups excluding carboxylic acids is 2. The SMILES string of the molecule is CNC12CCC(NC(=O)C3CC(O)c4cc(Cl)ccc4O3)(C1)C2.O=Cc1ccc(C(F)(F)F)cc1. The molecule has 3 aliphatic carbocycles. The van der Waals surface area contributed by atoms with E-state index in [1.54, 1.807) is 18.2 Å². The van der Waals surface area contributed by atoms with Gasteiger partial charge in [0.2, 0.25) is 0 Å². The number of aliphatic hydroxyl groups excluding tert-OH is 1. The molecule has 4 aliphatic rings. The number of halogens is 4. The maximum Gasteiger partial charge on any atom is 0.416 e. The number of aliphatic hydroxyl groups is 1. The quantitative estimate of drug-likeness (QED) is 0.529. The highest BCUT2D eigenvalue weighted by molar-refractivity contribution is 6.30. The molecule has 2 bridgehead atoms. The van der Waals surface area contributed by atoms with Crippen LogP contribution in [0.15, 0.2) is 42.5 Å². The smallest absolute Gasteiger partial charge is 0.416 e. The van der Waals surface area contributed by atoms with Crippen molar-refractivity contribution in [1.82, 2.24) is 10.6 Å². The predicted molar refractivity (Wildman–Crippen MR) is 123 cm³/mol. The van der Waals surface area contributed by atoms with Gasteiger partial charge in [-0.2, -0.15) is 13.2 Å². The minimum absolute atomic E-state index is 0.0886. The summed E-state index contributed by atoms with van der Waals surface area (Å²) >= 11 is 5.95. The monoisotopic (exact) mass is 510 g/mol. The molecule has 3 fully saturated rings. The average Bonchev–Trinajstić information content (AvgIpc) is 3.35. The molecule has 2 atom stereocenters. The molecule has 188 valence electrons. The lowest BCUT2D eigenvalue weighted by Crippen LogP contribution is -2.64. The lowest BCUT2D eigenvalue weighted by Gasteiger charge is -2.48. The van der Waals surface area contributed by atoms with Crippen LogP contribution in [0.2, 0.25) is 5.02 Å². The maximum absolute atomic E-state index is 12.6. The Bertz CT molecular complexity index is 1100. The summed E-state index contributed by atoms with van der Waals surface area (Å²) in [5.41, 5.74) is 0.271. The molecular weight excluding hydrogens is 485 g/mol. The number of benzene rings is 2. The molecular formula is C25H26ClF3N2O4. The number of alkyl halides is 3. The number of hydrogen-bond donors (Lipinski definition) is 3. The van der Waals surface area contributed by atoms with Gasteiger partial charge < -0.3 is 20.5 Å². The summed E-state index contributed by atoms with van der Waals surface area (Å²) in [4.78, 5) is 22.7. The van der Waals surface area contributed by atoms with Gasteiger partial charge in [0.1, 0.15) is 12.0 Å². The Morgan fingerprint density at radius 2 is 1.80 bits per heavy atom. The molecule has 2 unspecified atom stereocenters. The summed E-state index contributed by atoms with van der Waals surface area (Å²) in [5.74, 6) is 0.409. The number of ether oxygens (including phenoxy) is 1. The summed E-state index contributed by atoms with van der Waals surface area (Å²) < 4.78 is 41.6. The van der Waals surface area contributed by atoms with Crippen LogP contribution < -0.4 is 15.4 Å². The first-order chi connectivity index (χ1) is 16.5. The zero-order chi connectivity index (χ0) is 25.4. The fourth-order valence-electron chi connectivity index (χ4n) is 5.20. The first-order valence-electron chi connectivity index (χ1n) is 11.3. The van der Waals surface area contributed by atoms with E-state index in [1.165, 1.54) is 0 Å². The molecule has 3 saturated carbocycles. The molecule has 1 amide bonds. The van der Waals surface area contributed by atoms with E-state index in [9.17, 15) is 27.9 Å². The van der Waals surface area contributed by atoms with Gasteiger partial charge >= 0.3 is 6.18 Å². The Morgan fingerprint density at radius 1 is 1.14 bits per heavy atom. The van der Waals surface area contributed by atoms with Crippen LogP contribution in [-0.4, -0.2) is 41.5 Å². The van der Waals surface area contributed by atoms with Crippen LogP contribution in [-0.2, 0) is 11.0 Å². The average molecular weight is 511 g/mol. The molecule has 2 aromatic carbocycles. The van der Waals surface area contributed by atoms with Gasteiger partial charge in [-0.3, -0.25) is 9.59 Å². The van der Waals surface area contributed by atoms with Crippen molar-refractivity contribution >= 4 is 23.8 Å². The number of aldehydes is 1. The Morgan fingerprint density at radius 3 is 2.37 bits per heavy atom. The molecule has 6 rings (SSSR count). The van der Waals surface area contributed by atoms with E-state index in [4.69, 9.17) is 16.3 Å². The van der Waals surface area contributed by atoms with Crippen molar-refractivity contribution in [3.8, 4) is 5.75 Å². The molecule has 35 heavy (non-hydrogen) atoms. The first-order valence-corrected chi connectivity index (χ1v) is 11.6. The third-order valence-corrected chi connectivity index (χ3v) is 7.29. The Labute approximate surface area is 205 Å². The lowest BCUT2D eigenvalue weighted by molar-refractivity contribution is -0.137. The minimum atomic E-state index is -4.33. The van der Waals surface area contributed by atoms with Crippen LogP contribution in [0.3, 0.4) is 0 Å². The van der Waals surface area contributed by atoms with E-state index < -0.39 is 23.9 Å².